The van der Waals surface area contributed by atoms with E-state index in [0.29, 0.717) is 17.9 Å². The van der Waals surface area contributed by atoms with Crippen molar-refractivity contribution in [3.8, 4) is 5.75 Å². The molecule has 1 atom stereocenters. The summed E-state index contributed by atoms with van der Waals surface area (Å²) in [5.74, 6) is -1.09. The van der Waals surface area contributed by atoms with Crippen LogP contribution in [0, 0.1) is 0 Å². The molecule has 110 valence electrons. The molecule has 0 aliphatic carbocycles. The van der Waals surface area contributed by atoms with Crippen LogP contribution in [-0.2, 0) is 14.3 Å². The maximum absolute atomic E-state index is 12.2. The minimum absolute atomic E-state index is 0.304. The Balaban J connectivity index is 2.87. The molecule has 1 amide bonds. The van der Waals surface area contributed by atoms with Gasteiger partial charge in [0.05, 0.1) is 5.69 Å². The summed E-state index contributed by atoms with van der Waals surface area (Å²) in [4.78, 5) is 22.7. The fourth-order valence-electron chi connectivity index (χ4n) is 1.49. The predicted octanol–water partition coefficient (Wildman–Crippen LogP) is 1.90. The van der Waals surface area contributed by atoms with Gasteiger partial charge in [-0.05, 0) is 25.5 Å². The third-order valence-corrected chi connectivity index (χ3v) is 3.09. The highest BCUT2D eigenvalue weighted by Crippen LogP contribution is 2.26. The minimum atomic E-state index is -1.08. The van der Waals surface area contributed by atoms with Gasteiger partial charge < -0.3 is 19.9 Å². The second-order valence-electron chi connectivity index (χ2n) is 4.42. The van der Waals surface area contributed by atoms with E-state index in [-0.39, 0.29) is 5.91 Å². The zero-order chi connectivity index (χ0) is 15.2. The molecule has 0 bridgehead atoms. The van der Waals surface area contributed by atoms with E-state index in [4.69, 9.17) is 14.6 Å². The predicted molar refractivity (Wildman–Crippen MR) is 73.9 cm³/mol. The van der Waals surface area contributed by atoms with Crippen LogP contribution in [0.2, 0.25) is 0 Å². The number of nitrogens with one attached hydrogen (secondary N) is 1. The maximum atomic E-state index is 12.2. The lowest BCUT2D eigenvalue weighted by Crippen LogP contribution is -2.41. The third-order valence-electron chi connectivity index (χ3n) is 3.09. The molecule has 0 fully saturated rings. The zero-order valence-electron chi connectivity index (χ0n) is 11.8. The van der Waals surface area contributed by atoms with Gasteiger partial charge in [0.2, 0.25) is 0 Å². The Morgan fingerprint density at radius 1 is 1.35 bits per heavy atom. The number of hydrogen-bond donors (Lipinski definition) is 2. The van der Waals surface area contributed by atoms with Crippen molar-refractivity contribution in [1.29, 1.82) is 0 Å². The molecule has 0 aliphatic heterocycles. The van der Waals surface area contributed by atoms with E-state index in [2.05, 4.69) is 5.32 Å². The number of carboxylic acids is 1. The Morgan fingerprint density at radius 2 is 2.00 bits per heavy atom. The summed E-state index contributed by atoms with van der Waals surface area (Å²) in [6.45, 7) is 3.06. The van der Waals surface area contributed by atoms with Crippen LogP contribution in [0.3, 0.4) is 0 Å². The molecule has 1 aromatic carbocycles. The molecule has 2 N–H and O–H groups in total. The Morgan fingerprint density at radius 3 is 2.55 bits per heavy atom. The van der Waals surface area contributed by atoms with Crippen molar-refractivity contribution in [2.24, 2.45) is 0 Å². The Labute approximate surface area is 117 Å². The van der Waals surface area contributed by atoms with Crippen LogP contribution in [-0.4, -0.2) is 36.3 Å². The molecule has 20 heavy (non-hydrogen) atoms. The molecule has 0 aromatic heterocycles. The number of aliphatic carboxylic acids is 1. The van der Waals surface area contributed by atoms with E-state index in [9.17, 15) is 9.59 Å². The van der Waals surface area contributed by atoms with Crippen molar-refractivity contribution in [2.75, 3.05) is 19.0 Å². The molecule has 0 aliphatic rings. The second-order valence-corrected chi connectivity index (χ2v) is 4.42. The molecule has 0 heterocycles. The maximum Gasteiger partial charge on any atom is 0.341 e. The van der Waals surface area contributed by atoms with Gasteiger partial charge in [0, 0.05) is 7.11 Å². The number of carbonyl (C=O) groups excluding carboxylic acids is 1. The summed E-state index contributed by atoms with van der Waals surface area (Å²) in [7, 11) is 1.47. The third kappa shape index (κ3) is 3.96. The van der Waals surface area contributed by atoms with Crippen LogP contribution in [0.25, 0.3) is 0 Å². The van der Waals surface area contributed by atoms with Gasteiger partial charge in [-0.25, -0.2) is 4.79 Å². The number of para-hydroxylation sites is 2. The number of rotatable bonds is 7. The van der Waals surface area contributed by atoms with Crippen LogP contribution in [0.5, 0.6) is 5.75 Å². The number of carboxylic acid groups (broad SMARTS) is 1. The fourth-order valence-corrected chi connectivity index (χ4v) is 1.49. The summed E-state index contributed by atoms with van der Waals surface area (Å²) in [5.41, 5.74) is -0.532. The molecule has 0 saturated heterocycles. The van der Waals surface area contributed by atoms with Crippen LogP contribution >= 0.6 is 0 Å². The summed E-state index contributed by atoms with van der Waals surface area (Å²) in [6, 6.07) is 6.65. The first-order valence-corrected chi connectivity index (χ1v) is 6.23. The van der Waals surface area contributed by atoms with Gasteiger partial charge in [-0.3, -0.25) is 4.79 Å². The largest absolute Gasteiger partial charge is 0.480 e. The van der Waals surface area contributed by atoms with E-state index in [1.165, 1.54) is 7.11 Å². The first-order chi connectivity index (χ1) is 9.42. The average molecular weight is 281 g/mol. The molecule has 0 radical (unpaired) electrons. The van der Waals surface area contributed by atoms with Crippen molar-refractivity contribution in [1.82, 2.24) is 0 Å². The molecule has 1 rings (SSSR count). The molecular formula is C14H19NO5. The number of hydrogen-bond acceptors (Lipinski definition) is 4. The molecule has 6 nitrogen and oxygen atoms in total. The van der Waals surface area contributed by atoms with E-state index in [1.807, 2.05) is 6.92 Å². The van der Waals surface area contributed by atoms with Gasteiger partial charge in [-0.15, -0.1) is 0 Å². The van der Waals surface area contributed by atoms with E-state index in [1.54, 1.807) is 31.2 Å². The minimum Gasteiger partial charge on any atom is -0.480 e. The summed E-state index contributed by atoms with van der Waals surface area (Å²) >= 11 is 0. The number of benzene rings is 1. The lowest BCUT2D eigenvalue weighted by atomic mass is 10.0. The van der Waals surface area contributed by atoms with E-state index < -0.39 is 18.2 Å². The highest BCUT2D eigenvalue weighted by atomic mass is 16.5. The monoisotopic (exact) mass is 281 g/mol. The second kappa shape index (κ2) is 6.91. The number of amides is 1. The molecule has 1 aromatic rings. The van der Waals surface area contributed by atoms with Crippen LogP contribution in [0.15, 0.2) is 24.3 Å². The Kier molecular flexibility index (Phi) is 5.52. The number of carbonyl (C=O) groups is 2. The van der Waals surface area contributed by atoms with Gasteiger partial charge in [0.15, 0.2) is 6.61 Å². The lowest BCUT2D eigenvalue weighted by Gasteiger charge is -2.25. The zero-order valence-corrected chi connectivity index (χ0v) is 11.8. The summed E-state index contributed by atoms with van der Waals surface area (Å²) in [5, 5.41) is 11.3. The van der Waals surface area contributed by atoms with Crippen molar-refractivity contribution in [3.05, 3.63) is 24.3 Å². The van der Waals surface area contributed by atoms with Crippen LogP contribution in [0.1, 0.15) is 20.3 Å². The van der Waals surface area contributed by atoms with Crippen LogP contribution in [0.4, 0.5) is 5.69 Å². The Hall–Kier alpha value is -2.08. The Bertz CT molecular complexity index is 482. The average Bonchev–Trinajstić information content (AvgIpc) is 2.45. The number of methoxy groups -OCH3 is 1. The number of anilines is 1. The topological polar surface area (TPSA) is 84.9 Å². The summed E-state index contributed by atoms with van der Waals surface area (Å²) < 4.78 is 10.3. The van der Waals surface area contributed by atoms with Gasteiger partial charge in [-0.2, -0.15) is 0 Å². The van der Waals surface area contributed by atoms with Gasteiger partial charge in [-0.1, -0.05) is 19.1 Å². The first kappa shape index (κ1) is 16.0. The smallest absolute Gasteiger partial charge is 0.341 e. The number of ether oxygens (including phenoxy) is 2. The van der Waals surface area contributed by atoms with E-state index >= 15 is 0 Å². The SMILES string of the molecule is CCC(C)(OC)C(=O)Nc1ccccc1OCC(=O)O. The van der Waals surface area contributed by atoms with Crippen molar-refractivity contribution in [3.63, 3.8) is 0 Å². The van der Waals surface area contributed by atoms with Gasteiger partial charge in [0.25, 0.3) is 5.91 Å². The lowest BCUT2D eigenvalue weighted by molar-refractivity contribution is -0.139. The van der Waals surface area contributed by atoms with Gasteiger partial charge in [0.1, 0.15) is 11.4 Å². The molecule has 1 unspecified atom stereocenters. The van der Waals surface area contributed by atoms with Crippen molar-refractivity contribution >= 4 is 17.6 Å². The molecule has 0 saturated carbocycles. The first-order valence-electron chi connectivity index (χ1n) is 6.23. The quantitative estimate of drug-likeness (QED) is 0.797. The summed E-state index contributed by atoms with van der Waals surface area (Å²) in [6.07, 6.45) is 0.507. The van der Waals surface area contributed by atoms with Gasteiger partial charge >= 0.3 is 5.97 Å². The van der Waals surface area contributed by atoms with Crippen molar-refractivity contribution < 1.29 is 24.2 Å². The molecular weight excluding hydrogens is 262 g/mol. The highest BCUT2D eigenvalue weighted by Gasteiger charge is 2.31. The molecule has 0 spiro atoms. The standard InChI is InChI=1S/C14H19NO5/c1-4-14(2,19-3)13(18)15-10-7-5-6-8-11(10)20-9-12(16)17/h5-8H,4,9H2,1-3H3,(H,15,18)(H,16,17). The van der Waals surface area contributed by atoms with Crippen LogP contribution < -0.4 is 10.1 Å². The fraction of sp³-hybridized carbons (Fsp3) is 0.429. The highest BCUT2D eigenvalue weighted by molar-refractivity contribution is 5.98. The van der Waals surface area contributed by atoms with Crippen molar-refractivity contribution in [2.45, 2.75) is 25.9 Å². The van der Waals surface area contributed by atoms with E-state index in [0.717, 1.165) is 0 Å². The normalized spacial score (nSPS) is 13.3. The molecule has 6 heteroatoms.